The van der Waals surface area contributed by atoms with E-state index in [1.807, 2.05) is 37.3 Å². The van der Waals surface area contributed by atoms with E-state index in [0.29, 0.717) is 12.1 Å². The van der Waals surface area contributed by atoms with E-state index in [1.54, 1.807) is 6.07 Å². The molecule has 0 radical (unpaired) electrons. The number of rotatable bonds is 5. The number of hydrogen-bond donors (Lipinski definition) is 1. The van der Waals surface area contributed by atoms with Crippen LogP contribution in [0.5, 0.6) is 0 Å². The van der Waals surface area contributed by atoms with Gasteiger partial charge >= 0.3 is 5.97 Å². The number of carbonyl (C=O) groups is 1. The molecule has 0 bridgehead atoms. The lowest BCUT2D eigenvalue weighted by Crippen LogP contribution is -2.24. The number of benzene rings is 1. The average Bonchev–Trinajstić information content (AvgIpc) is 2.49. The number of aromatic nitrogens is 1. The van der Waals surface area contributed by atoms with Crippen LogP contribution in [0.1, 0.15) is 24.0 Å². The normalized spacial score (nSPS) is 10.2. The van der Waals surface area contributed by atoms with Crippen LogP contribution in [-0.2, 0) is 11.3 Å². The van der Waals surface area contributed by atoms with Crippen LogP contribution in [0.2, 0.25) is 0 Å². The first-order chi connectivity index (χ1) is 10.5. The molecule has 0 aliphatic heterocycles. The Labute approximate surface area is 128 Å². The summed E-state index contributed by atoms with van der Waals surface area (Å²) >= 11 is 0. The third-order valence-corrected chi connectivity index (χ3v) is 3.41. The van der Waals surface area contributed by atoms with Crippen molar-refractivity contribution in [3.63, 3.8) is 0 Å². The van der Waals surface area contributed by atoms with Gasteiger partial charge in [0.25, 0.3) is 5.56 Å². The molecule has 0 saturated carbocycles. The van der Waals surface area contributed by atoms with E-state index in [4.69, 9.17) is 10.4 Å². The Kier molecular flexibility index (Phi) is 4.74. The molecule has 5 nitrogen and oxygen atoms in total. The van der Waals surface area contributed by atoms with Crippen molar-refractivity contribution in [2.75, 3.05) is 0 Å². The highest BCUT2D eigenvalue weighted by Crippen LogP contribution is 2.19. The molecule has 5 heteroatoms. The molecule has 1 heterocycles. The van der Waals surface area contributed by atoms with Gasteiger partial charge in [-0.05, 0) is 31.0 Å². The minimum atomic E-state index is -0.902. The summed E-state index contributed by atoms with van der Waals surface area (Å²) in [4.78, 5) is 23.0. The molecule has 1 N–H and O–H groups in total. The van der Waals surface area contributed by atoms with Crippen molar-refractivity contribution in [2.24, 2.45) is 0 Å². The fourth-order valence-corrected chi connectivity index (χ4v) is 2.25. The number of nitrogens with zero attached hydrogens (tertiary/aromatic N) is 2. The van der Waals surface area contributed by atoms with Crippen LogP contribution in [-0.4, -0.2) is 15.6 Å². The molecule has 0 aliphatic rings. The van der Waals surface area contributed by atoms with Gasteiger partial charge in [-0.15, -0.1) is 0 Å². The summed E-state index contributed by atoms with van der Waals surface area (Å²) < 4.78 is 1.48. The topological polar surface area (TPSA) is 83.1 Å². The predicted molar refractivity (Wildman–Crippen MR) is 82.5 cm³/mol. The summed E-state index contributed by atoms with van der Waals surface area (Å²) in [7, 11) is 0. The van der Waals surface area contributed by atoms with Crippen molar-refractivity contribution in [3.05, 3.63) is 57.9 Å². The van der Waals surface area contributed by atoms with E-state index in [9.17, 15) is 9.59 Å². The molecule has 2 aromatic rings. The van der Waals surface area contributed by atoms with Crippen molar-refractivity contribution < 1.29 is 9.90 Å². The standard InChI is InChI=1S/C17H16N2O3/c1-12-4-6-13(7-5-12)15-9-8-14(11-18)17(22)19(15)10-2-3-16(20)21/h4-9H,2-3,10H2,1H3,(H,20,21). The van der Waals surface area contributed by atoms with Crippen LogP contribution in [0.15, 0.2) is 41.2 Å². The van der Waals surface area contributed by atoms with Crippen molar-refractivity contribution >= 4 is 5.97 Å². The van der Waals surface area contributed by atoms with Crippen LogP contribution in [0.4, 0.5) is 0 Å². The van der Waals surface area contributed by atoms with Crippen LogP contribution in [0.25, 0.3) is 11.3 Å². The van der Waals surface area contributed by atoms with E-state index >= 15 is 0 Å². The quantitative estimate of drug-likeness (QED) is 0.919. The highest BCUT2D eigenvalue weighted by Gasteiger charge is 2.11. The molecule has 2 rings (SSSR count). The van der Waals surface area contributed by atoms with Crippen molar-refractivity contribution in [1.82, 2.24) is 4.57 Å². The lowest BCUT2D eigenvalue weighted by molar-refractivity contribution is -0.137. The molecule has 0 saturated heterocycles. The summed E-state index contributed by atoms with van der Waals surface area (Å²) in [6.45, 7) is 2.24. The lowest BCUT2D eigenvalue weighted by atomic mass is 10.1. The third-order valence-electron chi connectivity index (χ3n) is 3.41. The Morgan fingerprint density at radius 1 is 1.23 bits per heavy atom. The van der Waals surface area contributed by atoms with E-state index in [-0.39, 0.29) is 24.1 Å². The van der Waals surface area contributed by atoms with Crippen molar-refractivity contribution in [2.45, 2.75) is 26.3 Å². The van der Waals surface area contributed by atoms with E-state index in [1.165, 1.54) is 10.6 Å². The van der Waals surface area contributed by atoms with Crippen LogP contribution in [0.3, 0.4) is 0 Å². The van der Waals surface area contributed by atoms with Gasteiger partial charge in [0.15, 0.2) is 0 Å². The summed E-state index contributed by atoms with van der Waals surface area (Å²) in [5.41, 5.74) is 2.34. The third kappa shape index (κ3) is 3.41. The molecular weight excluding hydrogens is 280 g/mol. The van der Waals surface area contributed by atoms with Crippen LogP contribution < -0.4 is 5.56 Å². The van der Waals surface area contributed by atoms with Gasteiger partial charge in [0.2, 0.25) is 0 Å². The molecule has 112 valence electrons. The molecule has 0 fully saturated rings. The maximum absolute atomic E-state index is 12.3. The largest absolute Gasteiger partial charge is 0.481 e. The second-order valence-electron chi connectivity index (χ2n) is 5.06. The molecular formula is C17H16N2O3. The van der Waals surface area contributed by atoms with Gasteiger partial charge in [-0.1, -0.05) is 29.8 Å². The van der Waals surface area contributed by atoms with Gasteiger partial charge in [0.05, 0.1) is 5.69 Å². The zero-order valence-corrected chi connectivity index (χ0v) is 12.2. The van der Waals surface area contributed by atoms with Gasteiger partial charge < -0.3 is 9.67 Å². The van der Waals surface area contributed by atoms with E-state index in [2.05, 4.69) is 0 Å². The zero-order chi connectivity index (χ0) is 16.1. The lowest BCUT2D eigenvalue weighted by Gasteiger charge is -2.13. The van der Waals surface area contributed by atoms with Gasteiger partial charge in [0, 0.05) is 13.0 Å². The van der Waals surface area contributed by atoms with Gasteiger partial charge in [-0.3, -0.25) is 9.59 Å². The molecule has 0 unspecified atom stereocenters. The summed E-state index contributed by atoms with van der Waals surface area (Å²) in [5.74, 6) is -0.902. The monoisotopic (exact) mass is 296 g/mol. The molecule has 0 spiro atoms. The number of aliphatic carboxylic acids is 1. The Balaban J connectivity index is 2.46. The predicted octanol–water partition coefficient (Wildman–Crippen LogP) is 2.56. The first kappa shape index (κ1) is 15.5. The number of hydrogen-bond acceptors (Lipinski definition) is 3. The SMILES string of the molecule is Cc1ccc(-c2ccc(C#N)c(=O)n2CCCC(=O)O)cc1. The van der Waals surface area contributed by atoms with Crippen LogP contribution >= 0.6 is 0 Å². The number of carboxylic acid groups (broad SMARTS) is 1. The second-order valence-corrected chi connectivity index (χ2v) is 5.06. The Bertz CT molecular complexity index is 783. The molecule has 1 aromatic carbocycles. The summed E-state index contributed by atoms with van der Waals surface area (Å²) in [6, 6.07) is 12.8. The summed E-state index contributed by atoms with van der Waals surface area (Å²) in [5, 5.41) is 17.7. The number of nitriles is 1. The fourth-order valence-electron chi connectivity index (χ4n) is 2.25. The first-order valence-corrected chi connectivity index (χ1v) is 6.95. The molecule has 22 heavy (non-hydrogen) atoms. The first-order valence-electron chi connectivity index (χ1n) is 6.95. The Morgan fingerprint density at radius 3 is 2.50 bits per heavy atom. The highest BCUT2D eigenvalue weighted by molar-refractivity contribution is 5.66. The molecule has 0 amide bonds. The Hall–Kier alpha value is -2.87. The van der Waals surface area contributed by atoms with Gasteiger partial charge in [-0.25, -0.2) is 0 Å². The van der Waals surface area contributed by atoms with E-state index < -0.39 is 5.97 Å². The maximum Gasteiger partial charge on any atom is 0.303 e. The summed E-state index contributed by atoms with van der Waals surface area (Å²) in [6.07, 6.45) is 0.319. The molecule has 0 aliphatic carbocycles. The Morgan fingerprint density at radius 2 is 1.91 bits per heavy atom. The van der Waals surface area contributed by atoms with Gasteiger partial charge in [-0.2, -0.15) is 5.26 Å². The molecule has 1 aromatic heterocycles. The second kappa shape index (κ2) is 6.72. The number of aryl methyl sites for hydroxylation is 1. The smallest absolute Gasteiger partial charge is 0.303 e. The number of carboxylic acids is 1. The zero-order valence-electron chi connectivity index (χ0n) is 12.2. The van der Waals surface area contributed by atoms with Crippen LogP contribution in [0, 0.1) is 18.3 Å². The number of pyridine rings is 1. The average molecular weight is 296 g/mol. The molecule has 0 atom stereocenters. The highest BCUT2D eigenvalue weighted by atomic mass is 16.4. The minimum absolute atomic E-state index is 0.0173. The minimum Gasteiger partial charge on any atom is -0.481 e. The van der Waals surface area contributed by atoms with Crippen molar-refractivity contribution in [1.29, 1.82) is 5.26 Å². The maximum atomic E-state index is 12.3. The van der Waals surface area contributed by atoms with E-state index in [0.717, 1.165) is 11.1 Å². The van der Waals surface area contributed by atoms with Gasteiger partial charge in [0.1, 0.15) is 11.6 Å². The van der Waals surface area contributed by atoms with Crippen molar-refractivity contribution in [3.8, 4) is 17.3 Å². The fraction of sp³-hybridized carbons (Fsp3) is 0.235.